The van der Waals surface area contributed by atoms with E-state index >= 15 is 0 Å². The third-order valence-electron chi connectivity index (χ3n) is 2.96. The zero-order valence-corrected chi connectivity index (χ0v) is 8.95. The lowest BCUT2D eigenvalue weighted by molar-refractivity contribution is 0.0976. The Morgan fingerprint density at radius 2 is 1.93 bits per heavy atom. The van der Waals surface area contributed by atoms with E-state index in [2.05, 4.69) is 0 Å². The van der Waals surface area contributed by atoms with Crippen molar-refractivity contribution in [1.29, 1.82) is 0 Å². The van der Waals surface area contributed by atoms with Crippen LogP contribution in [0.2, 0.25) is 0 Å². The van der Waals surface area contributed by atoms with E-state index in [-0.39, 0.29) is 28.9 Å². The van der Waals surface area contributed by atoms with E-state index in [1.54, 1.807) is 13.8 Å². The van der Waals surface area contributed by atoms with Gasteiger partial charge in [0.1, 0.15) is 11.6 Å². The number of hydrogen-bond donors (Lipinski definition) is 0. The van der Waals surface area contributed by atoms with Crippen LogP contribution in [0.4, 0.5) is 8.78 Å². The van der Waals surface area contributed by atoms with Crippen molar-refractivity contribution in [1.82, 2.24) is 0 Å². The molecule has 0 aliphatic heterocycles. The summed E-state index contributed by atoms with van der Waals surface area (Å²) in [5.41, 5.74) is -0.212. The van der Waals surface area contributed by atoms with Gasteiger partial charge in [-0.1, -0.05) is 13.8 Å². The van der Waals surface area contributed by atoms with Crippen molar-refractivity contribution in [2.24, 2.45) is 0 Å². The first-order valence-corrected chi connectivity index (χ1v) is 4.87. The first-order valence-electron chi connectivity index (χ1n) is 4.87. The van der Waals surface area contributed by atoms with E-state index in [0.29, 0.717) is 0 Å². The minimum absolute atomic E-state index is 0.0440. The van der Waals surface area contributed by atoms with Crippen molar-refractivity contribution in [2.75, 3.05) is 0 Å². The number of rotatable bonds is 0. The van der Waals surface area contributed by atoms with Gasteiger partial charge in [0.05, 0.1) is 5.56 Å². The third kappa shape index (κ3) is 1.29. The topological polar surface area (TPSA) is 17.1 Å². The number of carbonyl (C=O) groups is 1. The lowest BCUT2D eigenvalue weighted by Crippen LogP contribution is -2.14. The molecule has 1 aliphatic carbocycles. The van der Waals surface area contributed by atoms with Crippen LogP contribution in [0, 0.1) is 18.6 Å². The summed E-state index contributed by atoms with van der Waals surface area (Å²) in [5, 5.41) is 0. The van der Waals surface area contributed by atoms with E-state index in [1.807, 2.05) is 0 Å². The number of ketones is 1. The summed E-state index contributed by atoms with van der Waals surface area (Å²) in [6.07, 6.45) is 0.180. The smallest absolute Gasteiger partial charge is 0.167 e. The second kappa shape index (κ2) is 2.87. The average molecular weight is 210 g/mol. The molecule has 1 nitrogen and oxygen atoms in total. The summed E-state index contributed by atoms with van der Waals surface area (Å²) in [6.45, 7) is 4.99. The Morgan fingerprint density at radius 1 is 1.33 bits per heavy atom. The summed E-state index contributed by atoms with van der Waals surface area (Å²) < 4.78 is 27.4. The molecule has 0 fully saturated rings. The Labute approximate surface area is 87.1 Å². The van der Waals surface area contributed by atoms with Crippen LogP contribution >= 0.6 is 0 Å². The van der Waals surface area contributed by atoms with E-state index in [9.17, 15) is 13.6 Å². The van der Waals surface area contributed by atoms with Crippen molar-refractivity contribution in [3.8, 4) is 0 Å². The quantitative estimate of drug-likeness (QED) is 0.643. The molecule has 0 radical (unpaired) electrons. The highest BCUT2D eigenvalue weighted by Gasteiger charge is 2.40. The molecule has 0 saturated carbocycles. The molecule has 1 aromatic carbocycles. The van der Waals surface area contributed by atoms with Gasteiger partial charge in [0, 0.05) is 17.4 Å². The van der Waals surface area contributed by atoms with Crippen LogP contribution in [-0.4, -0.2) is 5.78 Å². The summed E-state index contributed by atoms with van der Waals surface area (Å²) in [5.74, 6) is -1.34. The lowest BCUT2D eigenvalue weighted by atomic mass is 9.86. The molecule has 1 aliphatic rings. The normalized spacial score (nSPS) is 18.1. The molecule has 0 unspecified atom stereocenters. The first-order chi connectivity index (χ1) is 6.84. The molecular weight excluding hydrogens is 198 g/mol. The molecule has 0 N–H and O–H groups in total. The summed E-state index contributed by atoms with van der Waals surface area (Å²) >= 11 is 0. The molecule has 15 heavy (non-hydrogen) atoms. The van der Waals surface area contributed by atoms with Crippen LogP contribution in [0.5, 0.6) is 0 Å². The average Bonchev–Trinajstić information content (AvgIpc) is 2.32. The second-order valence-corrected chi connectivity index (χ2v) is 4.72. The van der Waals surface area contributed by atoms with E-state index in [4.69, 9.17) is 0 Å². The molecule has 1 aromatic rings. The van der Waals surface area contributed by atoms with Crippen molar-refractivity contribution >= 4 is 5.78 Å². The minimum atomic E-state index is -0.592. The van der Waals surface area contributed by atoms with Gasteiger partial charge in [-0.2, -0.15) is 0 Å². The van der Waals surface area contributed by atoms with Crippen LogP contribution in [0.3, 0.4) is 0 Å². The van der Waals surface area contributed by atoms with Gasteiger partial charge in [-0.3, -0.25) is 4.79 Å². The van der Waals surface area contributed by atoms with Gasteiger partial charge < -0.3 is 0 Å². The van der Waals surface area contributed by atoms with Gasteiger partial charge in [-0.15, -0.1) is 0 Å². The largest absolute Gasteiger partial charge is 0.294 e. The van der Waals surface area contributed by atoms with Gasteiger partial charge >= 0.3 is 0 Å². The fourth-order valence-corrected chi connectivity index (χ4v) is 2.25. The molecule has 0 atom stereocenters. The van der Waals surface area contributed by atoms with E-state index < -0.39 is 17.0 Å². The predicted octanol–water partition coefficient (Wildman–Crippen LogP) is 3.14. The Balaban J connectivity index is 2.84. The van der Waals surface area contributed by atoms with Crippen LogP contribution in [0.1, 0.15) is 41.8 Å². The van der Waals surface area contributed by atoms with Crippen molar-refractivity contribution in [2.45, 2.75) is 32.6 Å². The molecule has 0 spiro atoms. The second-order valence-electron chi connectivity index (χ2n) is 4.72. The summed E-state index contributed by atoms with van der Waals surface area (Å²) in [4.78, 5) is 11.6. The van der Waals surface area contributed by atoms with E-state index in [1.165, 1.54) is 6.92 Å². The van der Waals surface area contributed by atoms with Crippen LogP contribution in [0.15, 0.2) is 6.07 Å². The van der Waals surface area contributed by atoms with Crippen molar-refractivity contribution in [3.05, 3.63) is 34.4 Å². The summed E-state index contributed by atoms with van der Waals surface area (Å²) in [6, 6.07) is 1.16. The third-order valence-corrected chi connectivity index (χ3v) is 2.96. The van der Waals surface area contributed by atoms with E-state index in [0.717, 1.165) is 6.07 Å². The number of benzene rings is 1. The highest BCUT2D eigenvalue weighted by atomic mass is 19.1. The highest BCUT2D eigenvalue weighted by Crippen LogP contribution is 2.41. The maximum atomic E-state index is 13.7. The molecule has 0 amide bonds. The zero-order valence-electron chi connectivity index (χ0n) is 8.95. The number of Topliss-reactive ketones (excluding diaryl/α,β-unsaturated/α-hetero) is 1. The Bertz CT molecular complexity index is 461. The molecule has 2 rings (SSSR count). The molecule has 80 valence electrons. The monoisotopic (exact) mass is 210 g/mol. The molecule has 3 heteroatoms. The zero-order chi connectivity index (χ0) is 11.4. The van der Waals surface area contributed by atoms with Gasteiger partial charge in [0.15, 0.2) is 5.78 Å². The Hall–Kier alpha value is -1.25. The Morgan fingerprint density at radius 3 is 2.53 bits per heavy atom. The number of hydrogen-bond acceptors (Lipinski definition) is 1. The van der Waals surface area contributed by atoms with Gasteiger partial charge in [0.25, 0.3) is 0 Å². The number of aryl methyl sites for hydroxylation is 1. The Kier molecular flexibility index (Phi) is 1.97. The van der Waals surface area contributed by atoms with Gasteiger partial charge in [-0.25, -0.2) is 8.78 Å². The predicted molar refractivity (Wildman–Crippen MR) is 53.1 cm³/mol. The molecule has 0 aromatic heterocycles. The fourth-order valence-electron chi connectivity index (χ4n) is 2.25. The van der Waals surface area contributed by atoms with Gasteiger partial charge in [0.2, 0.25) is 0 Å². The summed E-state index contributed by atoms with van der Waals surface area (Å²) in [7, 11) is 0. The first kappa shape index (κ1) is 10.3. The number of fused-ring (bicyclic) bond motifs is 1. The molecule has 0 saturated heterocycles. The molecular formula is C12H12F2O. The standard InChI is InChI=1S/C12H12F2O/c1-6-4-7(13)10-9(11(6)14)8(15)5-12(10,2)3/h4H,5H2,1-3H3. The number of carbonyl (C=O) groups excluding carboxylic acids is 1. The molecule has 0 heterocycles. The SMILES string of the molecule is Cc1cc(F)c2c(c1F)C(=O)CC2(C)C. The van der Waals surface area contributed by atoms with Gasteiger partial charge in [-0.05, 0) is 18.6 Å². The maximum absolute atomic E-state index is 13.7. The fraction of sp³-hybridized carbons (Fsp3) is 0.417. The lowest BCUT2D eigenvalue weighted by Gasteiger charge is -2.18. The van der Waals surface area contributed by atoms with Crippen LogP contribution in [0.25, 0.3) is 0 Å². The van der Waals surface area contributed by atoms with Crippen LogP contribution < -0.4 is 0 Å². The number of halogens is 2. The maximum Gasteiger partial charge on any atom is 0.167 e. The minimum Gasteiger partial charge on any atom is -0.294 e. The highest BCUT2D eigenvalue weighted by molar-refractivity contribution is 6.02. The van der Waals surface area contributed by atoms with Crippen LogP contribution in [-0.2, 0) is 5.41 Å². The van der Waals surface area contributed by atoms with Crippen molar-refractivity contribution in [3.63, 3.8) is 0 Å². The molecule has 0 bridgehead atoms. The van der Waals surface area contributed by atoms with Crippen molar-refractivity contribution < 1.29 is 13.6 Å².